The van der Waals surface area contributed by atoms with Gasteiger partial charge in [0.25, 0.3) is 0 Å². The van der Waals surface area contributed by atoms with Crippen LogP contribution in [0.4, 0.5) is 0 Å². The molecule has 0 atom stereocenters. The number of thioether (sulfide) groups is 1. The second kappa shape index (κ2) is 5.26. The third kappa shape index (κ3) is 3.22. The minimum Gasteiger partial charge on any atom is -0.0952 e. The summed E-state index contributed by atoms with van der Waals surface area (Å²) in [4.78, 5) is 2.48. The van der Waals surface area contributed by atoms with E-state index in [4.69, 9.17) is 0 Å². The Balaban J connectivity index is 2.84. The number of hydrogen-bond donors (Lipinski definition) is 0. The van der Waals surface area contributed by atoms with Crippen molar-refractivity contribution >= 4 is 11.8 Å². The lowest BCUT2D eigenvalue weighted by Gasteiger charge is -2.07. The van der Waals surface area contributed by atoms with Crippen LogP contribution in [0.2, 0.25) is 0 Å². The van der Waals surface area contributed by atoms with Gasteiger partial charge in [-0.3, -0.25) is 0 Å². The zero-order valence-corrected chi connectivity index (χ0v) is 10.1. The Morgan fingerprint density at radius 3 is 2.64 bits per heavy atom. The molecule has 0 saturated heterocycles. The van der Waals surface area contributed by atoms with E-state index in [-0.39, 0.29) is 0 Å². The molecule has 0 aromatic heterocycles. The Morgan fingerprint density at radius 1 is 1.43 bits per heavy atom. The quantitative estimate of drug-likeness (QED) is 0.650. The summed E-state index contributed by atoms with van der Waals surface area (Å²) in [6.45, 7) is 10.3. The Hall–Kier alpha value is -0.690. The van der Waals surface area contributed by atoms with Crippen LogP contribution in [0, 0.1) is 6.92 Å². The minimum atomic E-state index is 1.15. The number of aryl methyl sites for hydroxylation is 2. The number of hydrogen-bond acceptors (Lipinski definition) is 1. The van der Waals surface area contributed by atoms with E-state index < -0.39 is 0 Å². The Labute approximate surface area is 91.4 Å². The molecule has 76 valence electrons. The summed E-state index contributed by atoms with van der Waals surface area (Å²) in [6.07, 6.45) is 2.39. The lowest BCUT2D eigenvalue weighted by molar-refractivity contribution is 0.917. The maximum absolute atomic E-state index is 3.91. The van der Waals surface area contributed by atoms with E-state index in [1.807, 2.05) is 6.92 Å². The van der Waals surface area contributed by atoms with Crippen molar-refractivity contribution in [2.24, 2.45) is 0 Å². The molecule has 1 heteroatoms. The Morgan fingerprint density at radius 2 is 2.14 bits per heavy atom. The first kappa shape index (κ1) is 11.4. The van der Waals surface area contributed by atoms with E-state index in [2.05, 4.69) is 38.6 Å². The maximum atomic E-state index is 3.91. The Bertz CT molecular complexity index is 326. The van der Waals surface area contributed by atoms with Crippen LogP contribution in [0.25, 0.3) is 0 Å². The molecular formula is C13H18S. The van der Waals surface area contributed by atoms with Crippen molar-refractivity contribution in [2.75, 3.05) is 0 Å². The maximum Gasteiger partial charge on any atom is 0.0148 e. The number of benzene rings is 1. The SMILES string of the molecule is C=C(C)Sc1ccc(CCC)cc1C. The molecule has 1 aromatic carbocycles. The first-order chi connectivity index (χ1) is 6.63. The van der Waals surface area contributed by atoms with E-state index in [0.717, 1.165) is 4.91 Å². The Kier molecular flexibility index (Phi) is 4.27. The summed E-state index contributed by atoms with van der Waals surface area (Å²) in [7, 11) is 0. The summed E-state index contributed by atoms with van der Waals surface area (Å²) in [5, 5.41) is 0. The second-order valence-corrected chi connectivity index (χ2v) is 4.99. The summed E-state index contributed by atoms with van der Waals surface area (Å²) < 4.78 is 0. The molecule has 1 rings (SSSR count). The molecule has 1 aromatic rings. The molecule has 0 nitrogen and oxygen atoms in total. The second-order valence-electron chi connectivity index (χ2n) is 3.65. The predicted molar refractivity (Wildman–Crippen MR) is 65.8 cm³/mol. The van der Waals surface area contributed by atoms with Gasteiger partial charge in [-0.15, -0.1) is 0 Å². The van der Waals surface area contributed by atoms with E-state index >= 15 is 0 Å². The topological polar surface area (TPSA) is 0 Å². The van der Waals surface area contributed by atoms with Gasteiger partial charge in [0.2, 0.25) is 0 Å². The fourth-order valence-corrected chi connectivity index (χ4v) is 2.19. The number of rotatable bonds is 4. The van der Waals surface area contributed by atoms with Gasteiger partial charge in [-0.05, 0) is 42.4 Å². The van der Waals surface area contributed by atoms with Gasteiger partial charge in [0.1, 0.15) is 0 Å². The summed E-state index contributed by atoms with van der Waals surface area (Å²) in [5.41, 5.74) is 2.81. The highest BCUT2D eigenvalue weighted by Crippen LogP contribution is 2.28. The molecule has 0 saturated carbocycles. The first-order valence-electron chi connectivity index (χ1n) is 5.06. The highest BCUT2D eigenvalue weighted by Gasteiger charge is 2.00. The molecule has 0 amide bonds. The van der Waals surface area contributed by atoms with Gasteiger partial charge in [-0.2, -0.15) is 0 Å². The van der Waals surface area contributed by atoms with Gasteiger partial charge >= 0.3 is 0 Å². The van der Waals surface area contributed by atoms with E-state index in [1.54, 1.807) is 11.8 Å². The fraction of sp³-hybridized carbons (Fsp3) is 0.385. The van der Waals surface area contributed by atoms with Gasteiger partial charge in [0.15, 0.2) is 0 Å². The van der Waals surface area contributed by atoms with Crippen LogP contribution in [0.1, 0.15) is 31.4 Å². The molecule has 0 aliphatic carbocycles. The van der Waals surface area contributed by atoms with Crippen LogP contribution in [0.3, 0.4) is 0 Å². The van der Waals surface area contributed by atoms with Crippen LogP contribution < -0.4 is 0 Å². The zero-order chi connectivity index (χ0) is 10.6. The number of allylic oxidation sites excluding steroid dienone is 1. The van der Waals surface area contributed by atoms with E-state index in [9.17, 15) is 0 Å². The lowest BCUT2D eigenvalue weighted by atomic mass is 10.1. The summed E-state index contributed by atoms with van der Waals surface area (Å²) in [6, 6.07) is 6.72. The van der Waals surface area contributed by atoms with Crippen molar-refractivity contribution < 1.29 is 0 Å². The molecule has 0 N–H and O–H groups in total. The molecule has 0 heterocycles. The third-order valence-corrected chi connectivity index (χ3v) is 3.09. The molecule has 0 fully saturated rings. The molecule has 14 heavy (non-hydrogen) atoms. The zero-order valence-electron chi connectivity index (χ0n) is 9.26. The molecule has 0 aliphatic rings. The van der Waals surface area contributed by atoms with E-state index in [1.165, 1.54) is 28.9 Å². The molecule has 0 radical (unpaired) electrons. The summed E-state index contributed by atoms with van der Waals surface area (Å²) >= 11 is 1.76. The van der Waals surface area contributed by atoms with Gasteiger partial charge in [-0.25, -0.2) is 0 Å². The van der Waals surface area contributed by atoms with Crippen molar-refractivity contribution in [3.05, 3.63) is 40.8 Å². The average Bonchev–Trinajstić information content (AvgIpc) is 2.10. The minimum absolute atomic E-state index is 1.15. The van der Waals surface area contributed by atoms with Crippen molar-refractivity contribution in [3.63, 3.8) is 0 Å². The highest BCUT2D eigenvalue weighted by atomic mass is 32.2. The van der Waals surface area contributed by atoms with Crippen LogP contribution in [-0.4, -0.2) is 0 Å². The predicted octanol–water partition coefficient (Wildman–Crippen LogP) is 4.57. The molecule has 0 unspecified atom stereocenters. The van der Waals surface area contributed by atoms with Gasteiger partial charge in [-0.1, -0.05) is 43.8 Å². The van der Waals surface area contributed by atoms with Crippen LogP contribution in [-0.2, 0) is 6.42 Å². The molecule has 0 bridgehead atoms. The third-order valence-electron chi connectivity index (χ3n) is 2.06. The smallest absolute Gasteiger partial charge is 0.0148 e. The fourth-order valence-electron chi connectivity index (χ4n) is 1.46. The van der Waals surface area contributed by atoms with Crippen molar-refractivity contribution in [3.8, 4) is 0 Å². The van der Waals surface area contributed by atoms with E-state index in [0.29, 0.717) is 0 Å². The summed E-state index contributed by atoms with van der Waals surface area (Å²) in [5.74, 6) is 0. The standard InChI is InChI=1S/C13H18S/c1-5-6-12-7-8-13(11(4)9-12)14-10(2)3/h7-9H,2,5-6H2,1,3-4H3. The van der Waals surface area contributed by atoms with Gasteiger partial charge < -0.3 is 0 Å². The first-order valence-corrected chi connectivity index (χ1v) is 5.88. The van der Waals surface area contributed by atoms with Crippen molar-refractivity contribution in [2.45, 2.75) is 38.5 Å². The monoisotopic (exact) mass is 206 g/mol. The lowest BCUT2D eigenvalue weighted by Crippen LogP contribution is -1.86. The molecule has 0 spiro atoms. The molecule has 0 aliphatic heterocycles. The highest BCUT2D eigenvalue weighted by molar-refractivity contribution is 8.03. The van der Waals surface area contributed by atoms with Crippen LogP contribution >= 0.6 is 11.8 Å². The van der Waals surface area contributed by atoms with Crippen molar-refractivity contribution in [1.29, 1.82) is 0 Å². The van der Waals surface area contributed by atoms with Gasteiger partial charge in [0, 0.05) is 4.90 Å². The molecular weight excluding hydrogens is 188 g/mol. The normalized spacial score (nSPS) is 10.2. The average molecular weight is 206 g/mol. The van der Waals surface area contributed by atoms with Crippen LogP contribution in [0.5, 0.6) is 0 Å². The van der Waals surface area contributed by atoms with Gasteiger partial charge in [0.05, 0.1) is 0 Å². The van der Waals surface area contributed by atoms with Crippen LogP contribution in [0.15, 0.2) is 34.6 Å². The largest absolute Gasteiger partial charge is 0.0952 e. The van der Waals surface area contributed by atoms with Crippen molar-refractivity contribution in [1.82, 2.24) is 0 Å².